The summed E-state index contributed by atoms with van der Waals surface area (Å²) in [7, 11) is -2.08. The van der Waals surface area contributed by atoms with Gasteiger partial charge in [-0.1, -0.05) is 13.8 Å². The SMILES string of the molecule is COc1cc(C)c(S(=O)(=O)NC2CCC(C(=O)O)CC2)cc1C(C)C. The molecule has 0 atom stereocenters. The van der Waals surface area contributed by atoms with Gasteiger partial charge in [0.25, 0.3) is 0 Å². The molecule has 0 aliphatic heterocycles. The number of rotatable bonds is 6. The van der Waals surface area contributed by atoms with Gasteiger partial charge in [0.05, 0.1) is 17.9 Å². The lowest BCUT2D eigenvalue weighted by atomic mass is 9.87. The van der Waals surface area contributed by atoms with Gasteiger partial charge in [0.2, 0.25) is 10.0 Å². The van der Waals surface area contributed by atoms with Crippen molar-refractivity contribution >= 4 is 16.0 Å². The molecule has 25 heavy (non-hydrogen) atoms. The van der Waals surface area contributed by atoms with Gasteiger partial charge in [0.1, 0.15) is 5.75 Å². The fourth-order valence-electron chi connectivity index (χ4n) is 3.34. The average Bonchev–Trinajstić information content (AvgIpc) is 2.54. The van der Waals surface area contributed by atoms with Crippen LogP contribution in [-0.4, -0.2) is 32.6 Å². The van der Waals surface area contributed by atoms with Crippen LogP contribution in [0.3, 0.4) is 0 Å². The molecule has 0 bridgehead atoms. The number of carbonyl (C=O) groups is 1. The smallest absolute Gasteiger partial charge is 0.306 e. The third kappa shape index (κ3) is 4.52. The predicted molar refractivity (Wildman–Crippen MR) is 95.5 cm³/mol. The maximum atomic E-state index is 12.8. The second kappa shape index (κ2) is 7.74. The molecule has 0 amide bonds. The molecular formula is C18H27NO5S. The molecular weight excluding hydrogens is 342 g/mol. The van der Waals surface area contributed by atoms with E-state index in [1.54, 1.807) is 26.2 Å². The minimum absolute atomic E-state index is 0.135. The second-order valence-electron chi connectivity index (χ2n) is 7.02. The summed E-state index contributed by atoms with van der Waals surface area (Å²) in [5.74, 6) is -0.339. The van der Waals surface area contributed by atoms with Gasteiger partial charge in [-0.15, -0.1) is 0 Å². The Morgan fingerprint density at radius 3 is 2.32 bits per heavy atom. The molecule has 0 saturated heterocycles. The van der Waals surface area contributed by atoms with Gasteiger partial charge >= 0.3 is 5.97 Å². The van der Waals surface area contributed by atoms with Gasteiger partial charge in [-0.25, -0.2) is 13.1 Å². The fourth-order valence-corrected chi connectivity index (χ4v) is 4.90. The zero-order valence-electron chi connectivity index (χ0n) is 15.2. The van der Waals surface area contributed by atoms with E-state index in [9.17, 15) is 13.2 Å². The number of methoxy groups -OCH3 is 1. The van der Waals surface area contributed by atoms with E-state index in [0.29, 0.717) is 37.0 Å². The van der Waals surface area contributed by atoms with Crippen LogP contribution < -0.4 is 9.46 Å². The van der Waals surface area contributed by atoms with E-state index in [4.69, 9.17) is 9.84 Å². The average molecular weight is 369 g/mol. The minimum Gasteiger partial charge on any atom is -0.496 e. The Morgan fingerprint density at radius 1 is 1.24 bits per heavy atom. The molecule has 1 aromatic carbocycles. The Kier molecular flexibility index (Phi) is 6.11. The fraction of sp³-hybridized carbons (Fsp3) is 0.611. The molecule has 1 fully saturated rings. The van der Waals surface area contributed by atoms with E-state index in [0.717, 1.165) is 5.56 Å². The Bertz CT molecular complexity index is 734. The molecule has 0 heterocycles. The van der Waals surface area contributed by atoms with E-state index < -0.39 is 16.0 Å². The summed E-state index contributed by atoms with van der Waals surface area (Å²) in [5.41, 5.74) is 1.48. The first kappa shape index (κ1) is 19.7. The van der Waals surface area contributed by atoms with Gasteiger partial charge in [0, 0.05) is 6.04 Å². The molecule has 1 aromatic rings. The van der Waals surface area contributed by atoms with Crippen molar-refractivity contribution in [2.45, 2.75) is 63.3 Å². The number of benzene rings is 1. The normalized spacial score (nSPS) is 21.3. The molecule has 2 N–H and O–H groups in total. The summed E-state index contributed by atoms with van der Waals surface area (Å²) in [6.07, 6.45) is 2.09. The standard InChI is InChI=1S/C18H27NO5S/c1-11(2)15-10-17(12(3)9-16(15)24-4)25(22,23)19-14-7-5-13(6-8-14)18(20)21/h9-11,13-14,19H,5-8H2,1-4H3,(H,20,21). The number of ether oxygens (including phenoxy) is 1. The van der Waals surface area contributed by atoms with Crippen LogP contribution in [0.5, 0.6) is 5.75 Å². The van der Waals surface area contributed by atoms with Crippen molar-refractivity contribution in [1.29, 1.82) is 0 Å². The van der Waals surface area contributed by atoms with Crippen LogP contribution in [-0.2, 0) is 14.8 Å². The molecule has 0 spiro atoms. The predicted octanol–water partition coefficient (Wildman–Crippen LogP) is 3.05. The molecule has 1 saturated carbocycles. The number of sulfonamides is 1. The van der Waals surface area contributed by atoms with Crippen molar-refractivity contribution in [3.63, 3.8) is 0 Å². The lowest BCUT2D eigenvalue weighted by Gasteiger charge is -2.27. The highest BCUT2D eigenvalue weighted by atomic mass is 32.2. The van der Waals surface area contributed by atoms with Crippen molar-refractivity contribution in [1.82, 2.24) is 4.72 Å². The Hall–Kier alpha value is -1.60. The van der Waals surface area contributed by atoms with Crippen LogP contribution in [0.25, 0.3) is 0 Å². The number of hydrogen-bond acceptors (Lipinski definition) is 4. The lowest BCUT2D eigenvalue weighted by Crippen LogP contribution is -2.39. The van der Waals surface area contributed by atoms with E-state index in [1.165, 1.54) is 0 Å². The molecule has 0 unspecified atom stereocenters. The molecule has 7 heteroatoms. The first-order valence-corrected chi connectivity index (χ1v) is 10.1. The monoisotopic (exact) mass is 369 g/mol. The lowest BCUT2D eigenvalue weighted by molar-refractivity contribution is -0.142. The summed E-state index contributed by atoms with van der Waals surface area (Å²) in [6, 6.07) is 3.22. The molecule has 6 nitrogen and oxygen atoms in total. The zero-order chi connectivity index (χ0) is 18.8. The molecule has 1 aliphatic rings. The number of hydrogen-bond donors (Lipinski definition) is 2. The van der Waals surface area contributed by atoms with Crippen molar-refractivity contribution in [2.24, 2.45) is 5.92 Å². The van der Waals surface area contributed by atoms with Gasteiger partial charge < -0.3 is 9.84 Å². The van der Waals surface area contributed by atoms with Gasteiger partial charge in [0.15, 0.2) is 0 Å². The Labute approximate surface area is 149 Å². The number of aryl methyl sites for hydroxylation is 1. The summed E-state index contributed by atoms with van der Waals surface area (Å²) >= 11 is 0. The Morgan fingerprint density at radius 2 is 1.84 bits per heavy atom. The zero-order valence-corrected chi connectivity index (χ0v) is 16.0. The third-order valence-corrected chi connectivity index (χ3v) is 6.50. The van der Waals surface area contributed by atoms with Crippen LogP contribution in [0.15, 0.2) is 17.0 Å². The number of carboxylic acid groups (broad SMARTS) is 1. The summed E-state index contributed by atoms with van der Waals surface area (Å²) in [6.45, 7) is 5.73. The maximum absolute atomic E-state index is 12.8. The van der Waals surface area contributed by atoms with Gasteiger partial charge in [-0.05, 0) is 61.8 Å². The summed E-state index contributed by atoms with van der Waals surface area (Å²) in [5, 5.41) is 9.05. The molecule has 1 aliphatic carbocycles. The molecule has 2 rings (SSSR count). The highest BCUT2D eigenvalue weighted by molar-refractivity contribution is 7.89. The van der Waals surface area contributed by atoms with Crippen LogP contribution in [0.1, 0.15) is 56.6 Å². The van der Waals surface area contributed by atoms with Gasteiger partial charge in [-0.2, -0.15) is 0 Å². The highest BCUT2D eigenvalue weighted by Crippen LogP contribution is 2.32. The van der Waals surface area contributed by atoms with Crippen LogP contribution in [0.2, 0.25) is 0 Å². The summed E-state index contributed by atoms with van der Waals surface area (Å²) < 4.78 is 33.8. The summed E-state index contributed by atoms with van der Waals surface area (Å²) in [4.78, 5) is 11.3. The molecule has 0 aromatic heterocycles. The molecule has 140 valence electrons. The van der Waals surface area contributed by atoms with Crippen molar-refractivity contribution in [3.05, 3.63) is 23.3 Å². The Balaban J connectivity index is 2.22. The maximum Gasteiger partial charge on any atom is 0.306 e. The first-order valence-electron chi connectivity index (χ1n) is 8.59. The quantitative estimate of drug-likeness (QED) is 0.804. The van der Waals surface area contributed by atoms with E-state index in [2.05, 4.69) is 4.72 Å². The van der Waals surface area contributed by atoms with Crippen LogP contribution >= 0.6 is 0 Å². The van der Waals surface area contributed by atoms with Crippen LogP contribution in [0, 0.1) is 12.8 Å². The van der Waals surface area contributed by atoms with Crippen molar-refractivity contribution in [2.75, 3.05) is 7.11 Å². The first-order chi connectivity index (χ1) is 11.7. The van der Waals surface area contributed by atoms with Gasteiger partial charge in [-0.3, -0.25) is 4.79 Å². The number of carboxylic acids is 1. The van der Waals surface area contributed by atoms with Crippen LogP contribution in [0.4, 0.5) is 0 Å². The topological polar surface area (TPSA) is 92.7 Å². The third-order valence-electron chi connectivity index (χ3n) is 4.84. The van der Waals surface area contributed by atoms with E-state index in [1.807, 2.05) is 13.8 Å². The number of aliphatic carboxylic acids is 1. The van der Waals surface area contributed by atoms with E-state index in [-0.39, 0.29) is 22.8 Å². The van der Waals surface area contributed by atoms with Crippen molar-refractivity contribution < 1.29 is 23.1 Å². The molecule has 0 radical (unpaired) electrons. The van der Waals surface area contributed by atoms with Crippen molar-refractivity contribution in [3.8, 4) is 5.75 Å². The minimum atomic E-state index is -3.66. The second-order valence-corrected chi connectivity index (χ2v) is 8.70. The largest absolute Gasteiger partial charge is 0.496 e. The van der Waals surface area contributed by atoms with E-state index >= 15 is 0 Å². The highest BCUT2D eigenvalue weighted by Gasteiger charge is 2.30. The number of nitrogens with one attached hydrogen (secondary N) is 1.